The fraction of sp³-hybridized carbons (Fsp3) is 0.533. The van der Waals surface area contributed by atoms with Gasteiger partial charge in [-0.2, -0.15) is 0 Å². The fourth-order valence-corrected chi connectivity index (χ4v) is 2.85. The predicted octanol–water partition coefficient (Wildman–Crippen LogP) is 1.27. The van der Waals surface area contributed by atoms with E-state index >= 15 is 0 Å². The first-order valence-electron chi connectivity index (χ1n) is 6.67. The summed E-state index contributed by atoms with van der Waals surface area (Å²) in [6.07, 6.45) is 0.560. The van der Waals surface area contributed by atoms with E-state index in [0.717, 1.165) is 6.42 Å². The highest BCUT2D eigenvalue weighted by molar-refractivity contribution is 5.71. The van der Waals surface area contributed by atoms with Crippen molar-refractivity contribution in [2.45, 2.75) is 38.8 Å². The number of carboxylic acid groups (broad SMARTS) is 1. The number of hydrogen-bond acceptors (Lipinski definition) is 3. The van der Waals surface area contributed by atoms with Gasteiger partial charge in [0.25, 0.3) is 0 Å². The highest BCUT2D eigenvalue weighted by Crippen LogP contribution is 2.19. The first kappa shape index (κ1) is 14.0. The highest BCUT2D eigenvalue weighted by atomic mass is 16.4. The number of piperidine rings is 1. The van der Waals surface area contributed by atoms with Crippen molar-refractivity contribution in [1.29, 1.82) is 0 Å². The largest absolute Gasteiger partial charge is 0.481 e. The molecule has 0 aromatic heterocycles. The third-order valence-electron chi connectivity index (χ3n) is 3.70. The Kier molecular flexibility index (Phi) is 4.22. The molecule has 1 aromatic carbocycles. The van der Waals surface area contributed by atoms with Crippen LogP contribution in [0, 0.1) is 19.8 Å². The van der Waals surface area contributed by atoms with E-state index in [9.17, 15) is 9.90 Å². The van der Waals surface area contributed by atoms with Crippen LogP contribution < -0.4 is 5.32 Å². The number of hydrogen-bond donors (Lipinski definition) is 3. The molecule has 1 fully saturated rings. The molecule has 3 N–H and O–H groups in total. The van der Waals surface area contributed by atoms with Gasteiger partial charge in [-0.25, -0.2) is 0 Å². The van der Waals surface area contributed by atoms with Crippen LogP contribution in [0.15, 0.2) is 18.2 Å². The molecule has 0 spiro atoms. The van der Waals surface area contributed by atoms with Gasteiger partial charge in [-0.1, -0.05) is 29.3 Å². The molecule has 3 atom stereocenters. The Morgan fingerprint density at radius 3 is 2.47 bits per heavy atom. The molecule has 0 aliphatic carbocycles. The molecule has 0 amide bonds. The molecule has 0 radical (unpaired) electrons. The number of carboxylic acids is 1. The van der Waals surface area contributed by atoms with Crippen molar-refractivity contribution < 1.29 is 15.0 Å². The van der Waals surface area contributed by atoms with Crippen LogP contribution >= 0.6 is 0 Å². The zero-order valence-corrected chi connectivity index (χ0v) is 11.4. The van der Waals surface area contributed by atoms with Crippen molar-refractivity contribution in [2.24, 2.45) is 5.92 Å². The zero-order valence-electron chi connectivity index (χ0n) is 11.4. The van der Waals surface area contributed by atoms with Crippen LogP contribution in [-0.4, -0.2) is 34.9 Å². The van der Waals surface area contributed by atoms with Gasteiger partial charge in [0.1, 0.15) is 0 Å². The molecule has 3 unspecified atom stereocenters. The van der Waals surface area contributed by atoms with Gasteiger partial charge in [-0.05, 0) is 32.3 Å². The Morgan fingerprint density at radius 1 is 1.32 bits per heavy atom. The first-order chi connectivity index (χ1) is 8.95. The summed E-state index contributed by atoms with van der Waals surface area (Å²) in [6.45, 7) is 4.48. The molecule has 0 bridgehead atoms. The second-order valence-corrected chi connectivity index (χ2v) is 5.55. The minimum Gasteiger partial charge on any atom is -0.481 e. The van der Waals surface area contributed by atoms with Crippen LogP contribution in [0.25, 0.3) is 0 Å². The van der Waals surface area contributed by atoms with Crippen molar-refractivity contribution in [1.82, 2.24) is 5.32 Å². The van der Waals surface area contributed by atoms with Gasteiger partial charge >= 0.3 is 5.97 Å². The smallest absolute Gasteiger partial charge is 0.310 e. The van der Waals surface area contributed by atoms with Gasteiger partial charge in [-0.15, -0.1) is 0 Å². The van der Waals surface area contributed by atoms with E-state index < -0.39 is 18.0 Å². The van der Waals surface area contributed by atoms with E-state index in [4.69, 9.17) is 5.11 Å². The third kappa shape index (κ3) is 3.55. The number of aliphatic hydroxyl groups is 1. The summed E-state index contributed by atoms with van der Waals surface area (Å²) in [5.74, 6) is -1.61. The summed E-state index contributed by atoms with van der Waals surface area (Å²) in [5, 5.41) is 22.1. The van der Waals surface area contributed by atoms with E-state index in [0.29, 0.717) is 13.0 Å². The topological polar surface area (TPSA) is 69.6 Å². The van der Waals surface area contributed by atoms with Crippen molar-refractivity contribution in [3.63, 3.8) is 0 Å². The Morgan fingerprint density at radius 2 is 1.95 bits per heavy atom. The summed E-state index contributed by atoms with van der Waals surface area (Å²) in [5.41, 5.74) is 3.69. The van der Waals surface area contributed by atoms with Gasteiger partial charge in [0.2, 0.25) is 0 Å². The van der Waals surface area contributed by atoms with Gasteiger partial charge in [-0.3, -0.25) is 4.79 Å². The average molecular weight is 263 g/mol. The first-order valence-corrected chi connectivity index (χ1v) is 6.67. The van der Waals surface area contributed by atoms with E-state index in [1.54, 1.807) is 0 Å². The van der Waals surface area contributed by atoms with Crippen molar-refractivity contribution >= 4 is 5.97 Å². The Labute approximate surface area is 113 Å². The molecular weight excluding hydrogens is 242 g/mol. The third-order valence-corrected chi connectivity index (χ3v) is 3.70. The lowest BCUT2D eigenvalue weighted by Crippen LogP contribution is -2.50. The number of aliphatic hydroxyl groups excluding tert-OH is 1. The molecule has 1 saturated heterocycles. The highest BCUT2D eigenvalue weighted by Gasteiger charge is 2.33. The molecule has 0 saturated carbocycles. The maximum absolute atomic E-state index is 10.9. The van der Waals surface area contributed by atoms with Crippen molar-refractivity contribution in [2.75, 3.05) is 6.54 Å². The summed E-state index contributed by atoms with van der Waals surface area (Å²) < 4.78 is 0. The minimum atomic E-state index is -0.926. The monoisotopic (exact) mass is 263 g/mol. The molecule has 19 heavy (non-hydrogen) atoms. The average Bonchev–Trinajstić information content (AvgIpc) is 2.26. The number of aryl methyl sites for hydroxylation is 2. The van der Waals surface area contributed by atoms with Gasteiger partial charge in [0, 0.05) is 12.6 Å². The van der Waals surface area contributed by atoms with Crippen LogP contribution in [0.5, 0.6) is 0 Å². The van der Waals surface area contributed by atoms with Crippen molar-refractivity contribution in [3.05, 3.63) is 34.9 Å². The van der Waals surface area contributed by atoms with Crippen LogP contribution in [0.4, 0.5) is 0 Å². The van der Waals surface area contributed by atoms with Crippen LogP contribution in [0.2, 0.25) is 0 Å². The normalized spacial score (nSPS) is 27.2. The fourth-order valence-electron chi connectivity index (χ4n) is 2.85. The molecule has 1 aliphatic rings. The maximum Gasteiger partial charge on any atom is 0.310 e. The SMILES string of the molecule is Cc1cc(C)cc(CC2CC(O)C(C(=O)O)CN2)c1. The van der Waals surface area contributed by atoms with E-state index in [2.05, 4.69) is 37.4 Å². The molecule has 4 heteroatoms. The Balaban J connectivity index is 1.99. The summed E-state index contributed by atoms with van der Waals surface area (Å²) >= 11 is 0. The Hall–Kier alpha value is -1.39. The molecule has 104 valence electrons. The van der Waals surface area contributed by atoms with Gasteiger partial charge < -0.3 is 15.5 Å². The second kappa shape index (κ2) is 5.72. The van der Waals surface area contributed by atoms with Crippen LogP contribution in [0.3, 0.4) is 0 Å². The summed E-state index contributed by atoms with van der Waals surface area (Å²) in [4.78, 5) is 10.9. The van der Waals surface area contributed by atoms with Gasteiger partial charge in [0.05, 0.1) is 12.0 Å². The number of aliphatic carboxylic acids is 1. The molecule has 1 aliphatic heterocycles. The molecule has 2 rings (SSSR count). The van der Waals surface area contributed by atoms with E-state index in [1.165, 1.54) is 16.7 Å². The lowest BCUT2D eigenvalue weighted by atomic mass is 9.88. The maximum atomic E-state index is 10.9. The van der Waals surface area contributed by atoms with E-state index in [1.807, 2.05) is 0 Å². The number of rotatable bonds is 3. The second-order valence-electron chi connectivity index (χ2n) is 5.55. The summed E-state index contributed by atoms with van der Waals surface area (Å²) in [6, 6.07) is 6.56. The summed E-state index contributed by atoms with van der Waals surface area (Å²) in [7, 11) is 0. The number of carbonyl (C=O) groups is 1. The number of benzene rings is 1. The predicted molar refractivity (Wildman–Crippen MR) is 73.2 cm³/mol. The molecule has 1 aromatic rings. The van der Waals surface area contributed by atoms with Crippen LogP contribution in [0.1, 0.15) is 23.1 Å². The van der Waals surface area contributed by atoms with Crippen molar-refractivity contribution in [3.8, 4) is 0 Å². The zero-order chi connectivity index (χ0) is 14.0. The lowest BCUT2D eigenvalue weighted by molar-refractivity contribution is -0.147. The minimum absolute atomic E-state index is 0.145. The van der Waals surface area contributed by atoms with E-state index in [-0.39, 0.29) is 6.04 Å². The lowest BCUT2D eigenvalue weighted by Gasteiger charge is -2.32. The Bertz CT molecular complexity index is 452. The van der Waals surface area contributed by atoms with Crippen LogP contribution in [-0.2, 0) is 11.2 Å². The quantitative estimate of drug-likeness (QED) is 0.768. The molecule has 4 nitrogen and oxygen atoms in total. The molecule has 1 heterocycles. The number of nitrogens with one attached hydrogen (secondary N) is 1. The van der Waals surface area contributed by atoms with Gasteiger partial charge in [0.15, 0.2) is 0 Å². The standard InChI is InChI=1S/C15H21NO3/c1-9-3-10(2)5-11(4-9)6-12-7-14(17)13(8-16-12)15(18)19/h3-5,12-14,16-17H,6-8H2,1-2H3,(H,18,19). The molecular formula is C15H21NO3.